The molecule has 6 nitrogen and oxygen atoms in total. The highest BCUT2D eigenvalue weighted by Gasteiger charge is 2.21. The SMILES string of the molecule is CN(C(=O)c1ccc2[nH]c(O)c(C(=Nc3ccc(CN4CCCCC4)cc3)c3ccccc3)c2c1)c1ccccc1. The highest BCUT2D eigenvalue weighted by atomic mass is 16.3. The fourth-order valence-corrected chi connectivity index (χ4v) is 5.55. The normalized spacial score (nSPS) is 14.3. The Morgan fingerprint density at radius 2 is 1.54 bits per heavy atom. The molecule has 5 aromatic rings. The molecule has 0 spiro atoms. The third-order valence-corrected chi connectivity index (χ3v) is 7.79. The van der Waals surface area contributed by atoms with Gasteiger partial charge in [0.15, 0.2) is 5.88 Å². The molecular weight excluding hydrogens is 508 g/mol. The Morgan fingerprint density at radius 3 is 2.24 bits per heavy atom. The van der Waals surface area contributed by atoms with Gasteiger partial charge in [-0.1, -0.05) is 67.1 Å². The van der Waals surface area contributed by atoms with Crippen LogP contribution in [0.4, 0.5) is 11.4 Å². The zero-order chi connectivity index (χ0) is 28.2. The number of hydrogen-bond donors (Lipinski definition) is 2. The van der Waals surface area contributed by atoms with Gasteiger partial charge in [-0.25, -0.2) is 4.99 Å². The van der Waals surface area contributed by atoms with Gasteiger partial charge in [0.25, 0.3) is 5.91 Å². The number of para-hydroxylation sites is 1. The second kappa shape index (κ2) is 11.8. The number of benzene rings is 4. The van der Waals surface area contributed by atoms with Gasteiger partial charge in [0, 0.05) is 41.3 Å². The van der Waals surface area contributed by atoms with Gasteiger partial charge < -0.3 is 15.0 Å². The van der Waals surface area contributed by atoms with Crippen molar-refractivity contribution in [3.8, 4) is 5.88 Å². The van der Waals surface area contributed by atoms with Crippen molar-refractivity contribution in [3.05, 3.63) is 125 Å². The number of likely N-dealkylation sites (tertiary alicyclic amines) is 1. The minimum absolute atomic E-state index is 0.0188. The lowest BCUT2D eigenvalue weighted by atomic mass is 9.99. The van der Waals surface area contributed by atoms with E-state index in [0.29, 0.717) is 16.8 Å². The van der Waals surface area contributed by atoms with E-state index in [1.807, 2.05) is 84.9 Å². The van der Waals surface area contributed by atoms with Crippen molar-refractivity contribution in [2.75, 3.05) is 25.0 Å². The van der Waals surface area contributed by atoms with Gasteiger partial charge in [-0.3, -0.25) is 9.69 Å². The number of amides is 1. The summed E-state index contributed by atoms with van der Waals surface area (Å²) >= 11 is 0. The summed E-state index contributed by atoms with van der Waals surface area (Å²) in [4.78, 5) is 25.7. The number of aromatic hydroxyl groups is 1. The molecule has 1 fully saturated rings. The Bertz CT molecular complexity index is 1670. The van der Waals surface area contributed by atoms with Gasteiger partial charge in [-0.15, -0.1) is 0 Å². The first-order valence-electron chi connectivity index (χ1n) is 14.2. The Hall–Kier alpha value is -4.68. The molecule has 1 amide bonds. The van der Waals surface area contributed by atoms with E-state index in [4.69, 9.17) is 4.99 Å². The first kappa shape index (κ1) is 26.5. The second-order valence-corrected chi connectivity index (χ2v) is 10.6. The fraction of sp³-hybridized carbons (Fsp3) is 0.200. The maximum absolute atomic E-state index is 13.4. The molecule has 4 aromatic carbocycles. The molecule has 0 atom stereocenters. The van der Waals surface area contributed by atoms with Crippen molar-refractivity contribution in [1.29, 1.82) is 0 Å². The minimum Gasteiger partial charge on any atom is -0.494 e. The smallest absolute Gasteiger partial charge is 0.258 e. The number of aromatic amines is 1. The lowest BCUT2D eigenvalue weighted by molar-refractivity contribution is 0.0993. The molecule has 1 saturated heterocycles. The Labute approximate surface area is 240 Å². The number of H-pyrrole nitrogens is 1. The number of nitrogens with one attached hydrogen (secondary N) is 1. The second-order valence-electron chi connectivity index (χ2n) is 10.6. The van der Waals surface area contributed by atoms with Crippen LogP contribution in [-0.2, 0) is 6.54 Å². The Kier molecular flexibility index (Phi) is 7.65. The van der Waals surface area contributed by atoms with Gasteiger partial charge >= 0.3 is 0 Å². The van der Waals surface area contributed by atoms with Crippen LogP contribution in [0.5, 0.6) is 5.88 Å². The van der Waals surface area contributed by atoms with E-state index in [2.05, 4.69) is 22.0 Å². The molecule has 2 heterocycles. The van der Waals surface area contributed by atoms with Gasteiger partial charge in [-0.05, 0) is 74.0 Å². The number of carbonyl (C=O) groups is 1. The van der Waals surface area contributed by atoms with E-state index in [1.54, 1.807) is 18.0 Å². The first-order chi connectivity index (χ1) is 20.1. The molecule has 41 heavy (non-hydrogen) atoms. The van der Waals surface area contributed by atoms with Crippen LogP contribution in [0.1, 0.15) is 46.3 Å². The maximum Gasteiger partial charge on any atom is 0.258 e. The maximum atomic E-state index is 13.4. The molecule has 0 bridgehead atoms. The summed E-state index contributed by atoms with van der Waals surface area (Å²) < 4.78 is 0. The number of carbonyl (C=O) groups excluding carboxylic acids is 1. The van der Waals surface area contributed by atoms with E-state index < -0.39 is 0 Å². The summed E-state index contributed by atoms with van der Waals surface area (Å²) in [7, 11) is 1.77. The van der Waals surface area contributed by atoms with E-state index in [0.717, 1.165) is 47.5 Å². The Balaban J connectivity index is 1.38. The summed E-state index contributed by atoms with van der Waals surface area (Å²) in [6, 6.07) is 33.2. The lowest BCUT2D eigenvalue weighted by Gasteiger charge is -2.26. The summed E-state index contributed by atoms with van der Waals surface area (Å²) in [6.45, 7) is 3.26. The number of piperidine rings is 1. The van der Waals surface area contributed by atoms with E-state index in [1.165, 1.54) is 24.8 Å². The average Bonchev–Trinajstić information content (AvgIpc) is 3.36. The first-order valence-corrected chi connectivity index (χ1v) is 14.2. The third-order valence-electron chi connectivity index (χ3n) is 7.79. The van der Waals surface area contributed by atoms with Crippen LogP contribution < -0.4 is 4.90 Å². The number of aliphatic imine (C=N–C) groups is 1. The molecular formula is C35H34N4O2. The quantitative estimate of drug-likeness (QED) is 0.212. The highest BCUT2D eigenvalue weighted by Crippen LogP contribution is 2.33. The van der Waals surface area contributed by atoms with Crippen molar-refractivity contribution in [3.63, 3.8) is 0 Å². The van der Waals surface area contributed by atoms with Gasteiger partial charge in [-0.2, -0.15) is 0 Å². The van der Waals surface area contributed by atoms with Crippen LogP contribution in [0.25, 0.3) is 10.9 Å². The van der Waals surface area contributed by atoms with Crippen molar-refractivity contribution in [1.82, 2.24) is 9.88 Å². The molecule has 6 heteroatoms. The average molecular weight is 543 g/mol. The molecule has 1 aliphatic heterocycles. The Morgan fingerprint density at radius 1 is 0.854 bits per heavy atom. The topological polar surface area (TPSA) is 71.9 Å². The molecule has 0 saturated carbocycles. The number of hydrogen-bond acceptors (Lipinski definition) is 4. The molecule has 6 rings (SSSR count). The van der Waals surface area contributed by atoms with Crippen LogP contribution in [0, 0.1) is 0 Å². The van der Waals surface area contributed by atoms with E-state index in [-0.39, 0.29) is 11.8 Å². The number of anilines is 1. The summed E-state index contributed by atoms with van der Waals surface area (Å²) in [6.07, 6.45) is 3.87. The minimum atomic E-state index is -0.132. The number of fused-ring (bicyclic) bond motifs is 1. The third kappa shape index (κ3) is 5.79. The number of aromatic nitrogens is 1. The summed E-state index contributed by atoms with van der Waals surface area (Å²) in [5.74, 6) is -0.113. The molecule has 0 radical (unpaired) electrons. The fourth-order valence-electron chi connectivity index (χ4n) is 5.55. The molecule has 2 N–H and O–H groups in total. The monoisotopic (exact) mass is 542 g/mol. The van der Waals surface area contributed by atoms with Crippen LogP contribution in [0.15, 0.2) is 108 Å². The van der Waals surface area contributed by atoms with Crippen LogP contribution in [0.3, 0.4) is 0 Å². The van der Waals surface area contributed by atoms with Gasteiger partial charge in [0.2, 0.25) is 0 Å². The predicted octanol–water partition coefficient (Wildman–Crippen LogP) is 7.31. The predicted molar refractivity (Wildman–Crippen MR) is 166 cm³/mol. The van der Waals surface area contributed by atoms with Gasteiger partial charge in [0.1, 0.15) is 0 Å². The van der Waals surface area contributed by atoms with Crippen LogP contribution in [0.2, 0.25) is 0 Å². The van der Waals surface area contributed by atoms with Crippen molar-refractivity contribution < 1.29 is 9.90 Å². The molecule has 1 aliphatic rings. The molecule has 206 valence electrons. The molecule has 0 aliphatic carbocycles. The number of rotatable bonds is 7. The van der Waals surface area contributed by atoms with E-state index in [9.17, 15) is 9.90 Å². The zero-order valence-corrected chi connectivity index (χ0v) is 23.3. The van der Waals surface area contributed by atoms with Crippen LogP contribution >= 0.6 is 0 Å². The number of nitrogens with zero attached hydrogens (tertiary/aromatic N) is 3. The zero-order valence-electron chi connectivity index (χ0n) is 23.3. The summed E-state index contributed by atoms with van der Waals surface area (Å²) in [5.41, 5.74) is 6.23. The standard InChI is InChI=1S/C35H34N4O2/c1-38(29-13-7-3-8-14-29)35(41)27-17-20-31-30(23-27)32(34(40)37-31)33(26-11-5-2-6-12-26)36-28-18-15-25(16-19-28)24-39-21-9-4-10-22-39/h2-3,5-8,11-20,23,37,40H,4,9-10,21-22,24H2,1H3. The molecule has 1 aromatic heterocycles. The summed E-state index contributed by atoms with van der Waals surface area (Å²) in [5, 5.41) is 11.9. The lowest BCUT2D eigenvalue weighted by Crippen LogP contribution is -2.28. The van der Waals surface area contributed by atoms with Crippen molar-refractivity contribution in [2.24, 2.45) is 4.99 Å². The highest BCUT2D eigenvalue weighted by molar-refractivity contribution is 6.22. The van der Waals surface area contributed by atoms with Crippen LogP contribution in [-0.4, -0.2) is 46.7 Å². The molecule has 0 unspecified atom stereocenters. The van der Waals surface area contributed by atoms with Crippen molar-refractivity contribution >= 4 is 33.9 Å². The van der Waals surface area contributed by atoms with Crippen molar-refractivity contribution in [2.45, 2.75) is 25.8 Å². The van der Waals surface area contributed by atoms with E-state index >= 15 is 0 Å². The largest absolute Gasteiger partial charge is 0.494 e. The van der Waals surface area contributed by atoms with Gasteiger partial charge in [0.05, 0.1) is 17.0 Å².